The highest BCUT2D eigenvalue weighted by Crippen LogP contribution is 2.35. The van der Waals surface area contributed by atoms with E-state index < -0.39 is 0 Å². The molecule has 0 radical (unpaired) electrons. The van der Waals surface area contributed by atoms with Crippen molar-refractivity contribution in [2.45, 2.75) is 82.5 Å². The van der Waals surface area contributed by atoms with Gasteiger partial charge < -0.3 is 15.1 Å². The van der Waals surface area contributed by atoms with Crippen molar-refractivity contribution in [3.8, 4) is 0 Å². The number of fused-ring (bicyclic) bond motifs is 1. The molecule has 0 bridgehead atoms. The highest BCUT2D eigenvalue weighted by atomic mass is 16.2. The normalized spacial score (nSPS) is 32.0. The summed E-state index contributed by atoms with van der Waals surface area (Å²) < 4.78 is 0. The Morgan fingerprint density at radius 2 is 1.89 bits per heavy atom. The monoisotopic (exact) mass is 376 g/mol. The van der Waals surface area contributed by atoms with Gasteiger partial charge in [0.1, 0.15) is 6.04 Å². The molecule has 3 aliphatic heterocycles. The average molecular weight is 377 g/mol. The van der Waals surface area contributed by atoms with Crippen molar-refractivity contribution in [3.05, 3.63) is 0 Å². The second-order valence-corrected chi connectivity index (χ2v) is 9.84. The van der Waals surface area contributed by atoms with Gasteiger partial charge in [0.2, 0.25) is 11.8 Å². The van der Waals surface area contributed by atoms with Crippen LogP contribution in [0, 0.1) is 5.92 Å². The van der Waals surface area contributed by atoms with Crippen molar-refractivity contribution < 1.29 is 9.59 Å². The number of rotatable bonds is 4. The van der Waals surface area contributed by atoms with E-state index in [0.717, 1.165) is 45.4 Å². The summed E-state index contributed by atoms with van der Waals surface area (Å²) in [6.45, 7) is 8.26. The van der Waals surface area contributed by atoms with Crippen LogP contribution in [-0.2, 0) is 9.59 Å². The fourth-order valence-corrected chi connectivity index (χ4v) is 5.49. The van der Waals surface area contributed by atoms with E-state index in [2.05, 4.69) is 36.0 Å². The molecule has 2 atom stereocenters. The minimum absolute atomic E-state index is 0.0858. The zero-order valence-electron chi connectivity index (χ0n) is 17.2. The summed E-state index contributed by atoms with van der Waals surface area (Å²) in [6, 6.07) is 0.711. The highest BCUT2D eigenvalue weighted by Gasteiger charge is 2.49. The fraction of sp³-hybridized carbons (Fsp3) is 0.905. The molecule has 1 N–H and O–H groups in total. The zero-order valence-corrected chi connectivity index (χ0v) is 17.2. The predicted molar refractivity (Wildman–Crippen MR) is 105 cm³/mol. The third kappa shape index (κ3) is 3.75. The summed E-state index contributed by atoms with van der Waals surface area (Å²) in [4.78, 5) is 33.0. The zero-order chi connectivity index (χ0) is 19.2. The molecule has 152 valence electrons. The highest BCUT2D eigenvalue weighted by molar-refractivity contribution is 5.92. The molecule has 2 amide bonds. The predicted octanol–water partition coefficient (Wildman–Crippen LogP) is 1.45. The van der Waals surface area contributed by atoms with Crippen LogP contribution < -0.4 is 5.32 Å². The number of hydrogen-bond donors (Lipinski definition) is 1. The number of nitrogens with zero attached hydrogens (tertiary/aromatic N) is 3. The van der Waals surface area contributed by atoms with Crippen molar-refractivity contribution in [2.75, 3.05) is 33.2 Å². The first-order valence-corrected chi connectivity index (χ1v) is 10.9. The van der Waals surface area contributed by atoms with Crippen molar-refractivity contribution in [1.29, 1.82) is 0 Å². The van der Waals surface area contributed by atoms with Crippen molar-refractivity contribution in [3.63, 3.8) is 0 Å². The molecule has 1 saturated carbocycles. The molecular formula is C21H36N4O2. The number of carbonyl (C=O) groups excluding carboxylic acids is 2. The van der Waals surface area contributed by atoms with Gasteiger partial charge in [0, 0.05) is 38.3 Å². The second-order valence-electron chi connectivity index (χ2n) is 9.84. The lowest BCUT2D eigenvalue weighted by Crippen LogP contribution is -2.56. The lowest BCUT2D eigenvalue weighted by atomic mass is 9.83. The van der Waals surface area contributed by atoms with Crippen LogP contribution in [0.3, 0.4) is 0 Å². The minimum Gasteiger partial charge on any atom is -0.348 e. The molecule has 6 nitrogen and oxygen atoms in total. The van der Waals surface area contributed by atoms with Crippen LogP contribution in [0.25, 0.3) is 0 Å². The molecule has 1 aliphatic carbocycles. The summed E-state index contributed by atoms with van der Waals surface area (Å²) in [5, 5.41) is 3.34. The van der Waals surface area contributed by atoms with Gasteiger partial charge >= 0.3 is 0 Å². The van der Waals surface area contributed by atoms with E-state index in [1.165, 1.54) is 19.3 Å². The molecule has 0 aromatic rings. The molecule has 0 unspecified atom stereocenters. The topological polar surface area (TPSA) is 55.9 Å². The van der Waals surface area contributed by atoms with Gasteiger partial charge in [-0.1, -0.05) is 20.3 Å². The molecule has 4 rings (SSSR count). The molecule has 3 heterocycles. The average Bonchev–Trinajstić information content (AvgIpc) is 2.97. The maximum Gasteiger partial charge on any atom is 0.243 e. The molecule has 4 aliphatic rings. The van der Waals surface area contributed by atoms with Crippen LogP contribution in [0.15, 0.2) is 0 Å². The SMILES string of the molecule is CC(C)CN1CCC2(CC1)CC(=O)N1C[C@@H](N(C)C3CCC3)C[C@H]1C(=O)N2. The quantitative estimate of drug-likeness (QED) is 0.807. The van der Waals surface area contributed by atoms with E-state index in [1.54, 1.807) is 0 Å². The Morgan fingerprint density at radius 3 is 2.48 bits per heavy atom. The number of piperidine rings is 1. The van der Waals surface area contributed by atoms with E-state index in [9.17, 15) is 9.59 Å². The van der Waals surface area contributed by atoms with E-state index in [0.29, 0.717) is 24.4 Å². The number of amides is 2. The maximum absolute atomic E-state index is 13.1. The first kappa shape index (κ1) is 19.2. The van der Waals surface area contributed by atoms with Gasteiger partial charge in [-0.05, 0) is 45.1 Å². The summed E-state index contributed by atoms with van der Waals surface area (Å²) in [5.41, 5.74) is -0.318. The van der Waals surface area contributed by atoms with Crippen LogP contribution in [0.2, 0.25) is 0 Å². The third-order valence-corrected chi connectivity index (χ3v) is 7.44. The van der Waals surface area contributed by atoms with Crippen LogP contribution >= 0.6 is 0 Å². The maximum atomic E-state index is 13.1. The minimum atomic E-state index is -0.318. The molecule has 0 aromatic carbocycles. The molecule has 6 heteroatoms. The van der Waals surface area contributed by atoms with E-state index >= 15 is 0 Å². The van der Waals surface area contributed by atoms with Gasteiger partial charge in [0.25, 0.3) is 0 Å². The number of hydrogen-bond acceptors (Lipinski definition) is 4. The summed E-state index contributed by atoms with van der Waals surface area (Å²) in [7, 11) is 2.18. The summed E-state index contributed by atoms with van der Waals surface area (Å²) >= 11 is 0. The van der Waals surface area contributed by atoms with E-state index in [4.69, 9.17) is 0 Å². The first-order chi connectivity index (χ1) is 12.9. The Balaban J connectivity index is 1.41. The lowest BCUT2D eigenvalue weighted by Gasteiger charge is -2.42. The molecule has 4 fully saturated rings. The fourth-order valence-electron chi connectivity index (χ4n) is 5.49. The van der Waals surface area contributed by atoms with Crippen LogP contribution in [0.5, 0.6) is 0 Å². The smallest absolute Gasteiger partial charge is 0.243 e. The van der Waals surface area contributed by atoms with Gasteiger partial charge in [-0.15, -0.1) is 0 Å². The third-order valence-electron chi connectivity index (χ3n) is 7.44. The van der Waals surface area contributed by atoms with E-state index in [-0.39, 0.29) is 23.4 Å². The Kier molecular flexibility index (Phi) is 5.23. The number of nitrogens with one attached hydrogen (secondary N) is 1. The summed E-state index contributed by atoms with van der Waals surface area (Å²) in [5.74, 6) is 0.919. The van der Waals surface area contributed by atoms with Gasteiger partial charge in [-0.2, -0.15) is 0 Å². The molecule has 0 aromatic heterocycles. The Hall–Kier alpha value is -1.14. The van der Waals surface area contributed by atoms with Gasteiger partial charge in [0.15, 0.2) is 0 Å². The van der Waals surface area contributed by atoms with Gasteiger partial charge in [-0.3, -0.25) is 14.5 Å². The lowest BCUT2D eigenvalue weighted by molar-refractivity contribution is -0.135. The second kappa shape index (κ2) is 7.36. The first-order valence-electron chi connectivity index (χ1n) is 10.9. The number of likely N-dealkylation sites (tertiary alicyclic amines) is 1. The van der Waals surface area contributed by atoms with Crippen LogP contribution in [0.4, 0.5) is 0 Å². The number of likely N-dealkylation sites (N-methyl/N-ethyl adjacent to an activating group) is 1. The molecular weight excluding hydrogens is 340 g/mol. The van der Waals surface area contributed by atoms with Crippen molar-refractivity contribution >= 4 is 11.8 Å². The van der Waals surface area contributed by atoms with Crippen molar-refractivity contribution in [2.24, 2.45) is 5.92 Å². The molecule has 27 heavy (non-hydrogen) atoms. The Labute approximate surface area is 163 Å². The molecule has 3 saturated heterocycles. The number of carbonyl (C=O) groups is 2. The Morgan fingerprint density at radius 1 is 1.19 bits per heavy atom. The molecule has 1 spiro atoms. The van der Waals surface area contributed by atoms with Crippen LogP contribution in [0.1, 0.15) is 58.8 Å². The van der Waals surface area contributed by atoms with Crippen molar-refractivity contribution in [1.82, 2.24) is 20.0 Å². The largest absolute Gasteiger partial charge is 0.348 e. The standard InChI is InChI=1S/C21H36N4O2/c1-15(2)13-24-9-7-21(8-10-24)12-19(26)25-14-17(11-18(25)20(27)22-21)23(3)16-5-4-6-16/h15-18H,4-14H2,1-3H3,(H,22,27)/t17-,18-/m0/s1. The van der Waals surface area contributed by atoms with Crippen LogP contribution in [-0.4, -0.2) is 83.4 Å². The van der Waals surface area contributed by atoms with Gasteiger partial charge in [0.05, 0.1) is 12.0 Å². The summed E-state index contributed by atoms with van der Waals surface area (Å²) in [6.07, 6.45) is 6.88. The van der Waals surface area contributed by atoms with E-state index in [1.807, 2.05) is 4.90 Å². The van der Waals surface area contributed by atoms with Gasteiger partial charge in [-0.25, -0.2) is 0 Å². The Bertz CT molecular complexity index is 553.